The number of hydrogen-bond acceptors (Lipinski definition) is 2. The Bertz CT molecular complexity index is 568. The first-order valence-electron chi connectivity index (χ1n) is 7.38. The number of carbonyl (C=O) groups is 1. The summed E-state index contributed by atoms with van der Waals surface area (Å²) in [6, 6.07) is 7.65. The van der Waals surface area contributed by atoms with Gasteiger partial charge in [-0.2, -0.15) is 0 Å². The fraction of sp³-hybridized carbons (Fsp3) is 0.529. The zero-order valence-electron chi connectivity index (χ0n) is 13.2. The molecule has 0 bridgehead atoms. The fourth-order valence-corrected chi connectivity index (χ4v) is 3.42. The molecule has 0 aliphatic carbocycles. The van der Waals surface area contributed by atoms with Crippen LogP contribution in [0.5, 0.6) is 0 Å². The summed E-state index contributed by atoms with van der Waals surface area (Å²) >= 11 is 6.03. The number of amidine groups is 1. The smallest absolute Gasteiger partial charge is 0.234 e. The van der Waals surface area contributed by atoms with Crippen LogP contribution in [0, 0.1) is 11.3 Å². The minimum atomic E-state index is -0.332. The van der Waals surface area contributed by atoms with Gasteiger partial charge in [0.1, 0.15) is 5.84 Å². The molecule has 0 spiro atoms. The lowest BCUT2D eigenvalue weighted by molar-refractivity contribution is -0.135. The molecule has 114 valence electrons. The van der Waals surface area contributed by atoms with E-state index in [-0.39, 0.29) is 11.3 Å². The van der Waals surface area contributed by atoms with E-state index < -0.39 is 0 Å². The molecular formula is C17H23ClN2O. The Morgan fingerprint density at radius 1 is 1.43 bits per heavy atom. The van der Waals surface area contributed by atoms with Crippen molar-refractivity contribution in [2.75, 3.05) is 7.05 Å². The number of hydrogen-bond donors (Lipinski definition) is 0. The minimum absolute atomic E-state index is 0.178. The molecule has 1 aromatic carbocycles. The van der Waals surface area contributed by atoms with Crippen molar-refractivity contribution < 1.29 is 4.79 Å². The van der Waals surface area contributed by atoms with Gasteiger partial charge in [-0.05, 0) is 30.0 Å². The minimum Gasteiger partial charge on any atom is -0.296 e. The quantitative estimate of drug-likeness (QED) is 0.822. The Morgan fingerprint density at radius 2 is 2.14 bits per heavy atom. The van der Waals surface area contributed by atoms with E-state index in [4.69, 9.17) is 11.6 Å². The van der Waals surface area contributed by atoms with Gasteiger partial charge in [-0.15, -0.1) is 0 Å². The molecular weight excluding hydrogens is 284 g/mol. The lowest BCUT2D eigenvalue weighted by Crippen LogP contribution is -2.34. The van der Waals surface area contributed by atoms with Gasteiger partial charge < -0.3 is 0 Å². The molecule has 2 rings (SSSR count). The fourth-order valence-electron chi connectivity index (χ4n) is 3.20. The van der Waals surface area contributed by atoms with Crippen LogP contribution in [0.4, 0.5) is 0 Å². The van der Waals surface area contributed by atoms with E-state index in [1.54, 1.807) is 7.05 Å². The van der Waals surface area contributed by atoms with E-state index in [1.807, 2.05) is 29.2 Å². The third-order valence-corrected chi connectivity index (χ3v) is 4.20. The maximum absolute atomic E-state index is 12.8. The molecule has 1 aliphatic heterocycles. The molecule has 1 amide bonds. The Kier molecular flexibility index (Phi) is 4.72. The van der Waals surface area contributed by atoms with Gasteiger partial charge in [0.2, 0.25) is 5.91 Å². The molecule has 1 aliphatic rings. The Morgan fingerprint density at radius 3 is 2.71 bits per heavy atom. The number of carbonyl (C=O) groups excluding carboxylic acids is 1. The second-order valence-corrected chi connectivity index (χ2v) is 6.93. The predicted molar refractivity (Wildman–Crippen MR) is 87.5 cm³/mol. The molecule has 1 unspecified atom stereocenters. The average molecular weight is 307 g/mol. The van der Waals surface area contributed by atoms with Crippen molar-refractivity contribution in [3.63, 3.8) is 0 Å². The second-order valence-electron chi connectivity index (χ2n) is 6.50. The SMILES string of the molecule is CN=C1CC(C)(CC(C)C)C(=O)N1Cc1cccc(Cl)c1. The molecule has 0 N–H and O–H groups in total. The molecule has 1 heterocycles. The molecule has 0 saturated carbocycles. The van der Waals surface area contributed by atoms with Crippen LogP contribution < -0.4 is 0 Å². The van der Waals surface area contributed by atoms with Crippen LogP contribution in [-0.2, 0) is 11.3 Å². The first-order chi connectivity index (χ1) is 9.85. The highest BCUT2D eigenvalue weighted by Gasteiger charge is 2.46. The predicted octanol–water partition coefficient (Wildman–Crippen LogP) is 4.15. The van der Waals surface area contributed by atoms with Crippen molar-refractivity contribution in [2.24, 2.45) is 16.3 Å². The van der Waals surface area contributed by atoms with Crippen LogP contribution in [0.25, 0.3) is 0 Å². The van der Waals surface area contributed by atoms with Crippen molar-refractivity contribution in [3.05, 3.63) is 34.9 Å². The normalized spacial score (nSPS) is 24.4. The van der Waals surface area contributed by atoms with Crippen molar-refractivity contribution in [2.45, 2.75) is 40.2 Å². The van der Waals surface area contributed by atoms with E-state index in [0.29, 0.717) is 17.5 Å². The molecule has 21 heavy (non-hydrogen) atoms. The zero-order chi connectivity index (χ0) is 15.6. The largest absolute Gasteiger partial charge is 0.296 e. The summed E-state index contributed by atoms with van der Waals surface area (Å²) in [4.78, 5) is 19.0. The number of amides is 1. The van der Waals surface area contributed by atoms with Gasteiger partial charge >= 0.3 is 0 Å². The molecule has 4 heteroatoms. The molecule has 0 aromatic heterocycles. The zero-order valence-corrected chi connectivity index (χ0v) is 13.9. The van der Waals surface area contributed by atoms with Gasteiger partial charge in [-0.25, -0.2) is 0 Å². The summed E-state index contributed by atoms with van der Waals surface area (Å²) in [6.07, 6.45) is 1.61. The highest BCUT2D eigenvalue weighted by Crippen LogP contribution is 2.39. The third kappa shape index (κ3) is 3.46. The molecule has 3 nitrogen and oxygen atoms in total. The number of halogens is 1. The molecule has 1 aromatic rings. The van der Waals surface area contributed by atoms with E-state index in [0.717, 1.165) is 24.2 Å². The number of benzene rings is 1. The van der Waals surface area contributed by atoms with Crippen LogP contribution in [-0.4, -0.2) is 23.7 Å². The molecule has 0 radical (unpaired) electrons. The standard InChI is InChI=1S/C17H23ClN2O/c1-12(2)9-17(3)10-15(19-4)20(16(17)21)11-13-6-5-7-14(18)8-13/h5-8,12H,9-11H2,1-4H3. The molecule has 1 saturated heterocycles. The summed E-state index contributed by atoms with van der Waals surface area (Å²) in [5.74, 6) is 1.54. The van der Waals surface area contributed by atoms with Crippen molar-refractivity contribution in [3.8, 4) is 0 Å². The number of rotatable bonds is 4. The van der Waals surface area contributed by atoms with E-state index in [2.05, 4.69) is 25.8 Å². The molecule has 1 fully saturated rings. The van der Waals surface area contributed by atoms with Gasteiger partial charge in [0, 0.05) is 18.5 Å². The van der Waals surface area contributed by atoms with Crippen LogP contribution in [0.2, 0.25) is 5.02 Å². The van der Waals surface area contributed by atoms with Gasteiger partial charge in [-0.3, -0.25) is 14.7 Å². The van der Waals surface area contributed by atoms with Gasteiger partial charge in [0.15, 0.2) is 0 Å². The van der Waals surface area contributed by atoms with Crippen molar-refractivity contribution in [1.82, 2.24) is 4.90 Å². The topological polar surface area (TPSA) is 32.7 Å². The van der Waals surface area contributed by atoms with Crippen LogP contribution >= 0.6 is 11.6 Å². The maximum atomic E-state index is 12.8. The number of aliphatic imine (C=N–C) groups is 1. The van der Waals surface area contributed by atoms with Crippen LogP contribution in [0.15, 0.2) is 29.3 Å². The van der Waals surface area contributed by atoms with E-state index in [1.165, 1.54) is 0 Å². The van der Waals surface area contributed by atoms with Crippen molar-refractivity contribution in [1.29, 1.82) is 0 Å². The summed E-state index contributed by atoms with van der Waals surface area (Å²) in [7, 11) is 1.76. The average Bonchev–Trinajstić information content (AvgIpc) is 2.62. The molecule has 1 atom stereocenters. The van der Waals surface area contributed by atoms with Gasteiger partial charge in [0.25, 0.3) is 0 Å². The first kappa shape index (κ1) is 16.0. The monoisotopic (exact) mass is 306 g/mol. The van der Waals surface area contributed by atoms with Crippen LogP contribution in [0.3, 0.4) is 0 Å². The Labute approximate surface area is 132 Å². The highest BCUT2D eigenvalue weighted by atomic mass is 35.5. The summed E-state index contributed by atoms with van der Waals surface area (Å²) in [5.41, 5.74) is 0.701. The maximum Gasteiger partial charge on any atom is 0.234 e. The van der Waals surface area contributed by atoms with Crippen LogP contribution in [0.1, 0.15) is 39.2 Å². The lowest BCUT2D eigenvalue weighted by atomic mass is 9.80. The lowest BCUT2D eigenvalue weighted by Gasteiger charge is -2.24. The number of nitrogens with zero attached hydrogens (tertiary/aromatic N) is 2. The van der Waals surface area contributed by atoms with E-state index >= 15 is 0 Å². The summed E-state index contributed by atoms with van der Waals surface area (Å²) in [6.45, 7) is 6.90. The highest BCUT2D eigenvalue weighted by molar-refractivity contribution is 6.30. The number of likely N-dealkylation sites (tertiary alicyclic amines) is 1. The summed E-state index contributed by atoms with van der Waals surface area (Å²) < 4.78 is 0. The second kappa shape index (κ2) is 6.18. The Balaban J connectivity index is 2.24. The van der Waals surface area contributed by atoms with Gasteiger partial charge in [-0.1, -0.05) is 44.5 Å². The van der Waals surface area contributed by atoms with Gasteiger partial charge in [0.05, 0.1) is 12.0 Å². The Hall–Kier alpha value is -1.35. The summed E-state index contributed by atoms with van der Waals surface area (Å²) in [5, 5.41) is 0.694. The van der Waals surface area contributed by atoms with Crippen molar-refractivity contribution >= 4 is 23.3 Å². The first-order valence-corrected chi connectivity index (χ1v) is 7.75. The third-order valence-electron chi connectivity index (χ3n) is 3.97. The van der Waals surface area contributed by atoms with E-state index in [9.17, 15) is 4.79 Å².